The Kier molecular flexibility index (Phi) is 3.38. The molecule has 2 rings (SSSR count). The predicted octanol–water partition coefficient (Wildman–Crippen LogP) is 2.69. The third kappa shape index (κ3) is 2.79. The van der Waals surface area contributed by atoms with Gasteiger partial charge in [-0.1, -0.05) is 23.7 Å². The van der Waals surface area contributed by atoms with Crippen molar-refractivity contribution in [1.82, 2.24) is 5.01 Å². The average molecular weight is 259 g/mol. The fourth-order valence-corrected chi connectivity index (χ4v) is 1.63. The first-order valence-electron chi connectivity index (χ1n) is 4.96. The number of hydrazone groups is 1. The van der Waals surface area contributed by atoms with Crippen LogP contribution in [0, 0.1) is 0 Å². The van der Waals surface area contributed by atoms with E-state index in [1.165, 1.54) is 0 Å². The molecular formula is C11H9ClF2N2O. The SMILES string of the molecule is O=C1CC(C(F)F)=NN1Cc1ccc(Cl)cc1. The summed E-state index contributed by atoms with van der Waals surface area (Å²) >= 11 is 5.71. The van der Waals surface area contributed by atoms with Crippen molar-refractivity contribution in [3.8, 4) is 0 Å². The standard InChI is InChI=1S/C11H9ClF2N2O/c12-8-3-1-7(2-4-8)6-16-10(17)5-9(15-16)11(13)14/h1-4,11H,5-6H2. The Bertz CT molecular complexity index is 459. The summed E-state index contributed by atoms with van der Waals surface area (Å²) in [6.07, 6.45) is -2.97. The molecule has 0 saturated heterocycles. The van der Waals surface area contributed by atoms with Crippen LogP contribution in [0.4, 0.5) is 8.78 Å². The molecule has 0 radical (unpaired) electrons. The summed E-state index contributed by atoms with van der Waals surface area (Å²) in [5, 5.41) is 5.25. The third-order valence-corrected chi connectivity index (χ3v) is 2.62. The fourth-order valence-electron chi connectivity index (χ4n) is 1.50. The first kappa shape index (κ1) is 12.0. The number of rotatable bonds is 3. The van der Waals surface area contributed by atoms with E-state index in [1.54, 1.807) is 24.3 Å². The van der Waals surface area contributed by atoms with Gasteiger partial charge in [0.1, 0.15) is 5.71 Å². The molecule has 0 aromatic heterocycles. The van der Waals surface area contributed by atoms with E-state index in [2.05, 4.69) is 5.10 Å². The van der Waals surface area contributed by atoms with Gasteiger partial charge in [0.05, 0.1) is 13.0 Å². The van der Waals surface area contributed by atoms with Crippen molar-refractivity contribution in [3.63, 3.8) is 0 Å². The summed E-state index contributed by atoms with van der Waals surface area (Å²) in [6, 6.07) is 6.81. The maximum Gasteiger partial charge on any atom is 0.278 e. The van der Waals surface area contributed by atoms with Crippen LogP contribution in [-0.4, -0.2) is 23.1 Å². The quantitative estimate of drug-likeness (QED) is 0.820. The van der Waals surface area contributed by atoms with Gasteiger partial charge in [0.2, 0.25) is 5.91 Å². The summed E-state index contributed by atoms with van der Waals surface area (Å²) in [5.74, 6) is -0.407. The van der Waals surface area contributed by atoms with Gasteiger partial charge in [-0.25, -0.2) is 13.8 Å². The number of amides is 1. The molecular weight excluding hydrogens is 250 g/mol. The lowest BCUT2D eigenvalue weighted by Gasteiger charge is -2.11. The van der Waals surface area contributed by atoms with Gasteiger partial charge in [-0.3, -0.25) is 4.79 Å². The van der Waals surface area contributed by atoms with Crippen LogP contribution in [0.25, 0.3) is 0 Å². The number of nitrogens with zero attached hydrogens (tertiary/aromatic N) is 2. The zero-order chi connectivity index (χ0) is 12.4. The summed E-state index contributed by atoms with van der Waals surface area (Å²) < 4.78 is 24.7. The highest BCUT2D eigenvalue weighted by atomic mass is 35.5. The lowest BCUT2D eigenvalue weighted by atomic mass is 10.2. The van der Waals surface area contributed by atoms with Crippen LogP contribution in [0.3, 0.4) is 0 Å². The zero-order valence-electron chi connectivity index (χ0n) is 8.74. The first-order valence-corrected chi connectivity index (χ1v) is 5.34. The highest BCUT2D eigenvalue weighted by Crippen LogP contribution is 2.17. The van der Waals surface area contributed by atoms with Crippen molar-refractivity contribution < 1.29 is 13.6 Å². The number of carbonyl (C=O) groups excluding carboxylic acids is 1. The molecule has 6 heteroatoms. The molecule has 1 amide bonds. The summed E-state index contributed by atoms with van der Waals surface area (Å²) in [5.41, 5.74) is 0.422. The van der Waals surface area contributed by atoms with Gasteiger partial charge in [-0.2, -0.15) is 5.10 Å². The predicted molar refractivity (Wildman–Crippen MR) is 60.1 cm³/mol. The molecule has 1 aliphatic rings. The van der Waals surface area contributed by atoms with E-state index in [0.717, 1.165) is 10.6 Å². The highest BCUT2D eigenvalue weighted by molar-refractivity contribution is 6.30. The van der Waals surface area contributed by atoms with Gasteiger partial charge in [-0.05, 0) is 17.7 Å². The zero-order valence-corrected chi connectivity index (χ0v) is 9.49. The van der Waals surface area contributed by atoms with Crippen molar-refractivity contribution >= 4 is 23.2 Å². The van der Waals surface area contributed by atoms with Gasteiger partial charge >= 0.3 is 0 Å². The number of benzene rings is 1. The summed E-state index contributed by atoms with van der Waals surface area (Å²) in [4.78, 5) is 11.4. The minimum atomic E-state index is -2.67. The van der Waals surface area contributed by atoms with Crippen LogP contribution in [0.2, 0.25) is 5.02 Å². The summed E-state index contributed by atoms with van der Waals surface area (Å²) in [7, 11) is 0. The smallest absolute Gasteiger partial charge is 0.273 e. The van der Waals surface area contributed by atoms with E-state index in [9.17, 15) is 13.6 Å². The van der Waals surface area contributed by atoms with Gasteiger partial charge in [0, 0.05) is 5.02 Å². The topological polar surface area (TPSA) is 32.7 Å². The lowest BCUT2D eigenvalue weighted by molar-refractivity contribution is -0.129. The Labute approximate surface area is 102 Å². The average Bonchev–Trinajstić information content (AvgIpc) is 2.64. The van der Waals surface area contributed by atoms with E-state index in [0.29, 0.717) is 5.02 Å². The maximum atomic E-state index is 12.4. The van der Waals surface area contributed by atoms with Crippen LogP contribution in [0.15, 0.2) is 29.4 Å². The van der Waals surface area contributed by atoms with Crippen LogP contribution in [0.5, 0.6) is 0 Å². The third-order valence-electron chi connectivity index (χ3n) is 2.37. The van der Waals surface area contributed by atoms with Gasteiger partial charge in [0.25, 0.3) is 6.43 Å². The van der Waals surface area contributed by atoms with Gasteiger partial charge < -0.3 is 0 Å². The molecule has 0 unspecified atom stereocenters. The maximum absolute atomic E-state index is 12.4. The van der Waals surface area contributed by atoms with Crippen LogP contribution in [0.1, 0.15) is 12.0 Å². The first-order chi connectivity index (χ1) is 8.06. The Balaban J connectivity index is 2.09. The largest absolute Gasteiger partial charge is 0.278 e. The van der Waals surface area contributed by atoms with E-state index < -0.39 is 12.3 Å². The Morgan fingerprint density at radius 3 is 2.53 bits per heavy atom. The molecule has 0 atom stereocenters. The minimum Gasteiger partial charge on any atom is -0.273 e. The lowest BCUT2D eigenvalue weighted by Crippen LogP contribution is -2.20. The molecule has 0 N–H and O–H groups in total. The van der Waals surface area contributed by atoms with Gasteiger partial charge in [0.15, 0.2) is 0 Å². The molecule has 0 spiro atoms. The second kappa shape index (κ2) is 4.79. The molecule has 0 fully saturated rings. The van der Waals surface area contributed by atoms with E-state index in [-0.39, 0.29) is 18.7 Å². The van der Waals surface area contributed by atoms with Crippen LogP contribution < -0.4 is 0 Å². The van der Waals surface area contributed by atoms with Crippen LogP contribution in [-0.2, 0) is 11.3 Å². The second-order valence-electron chi connectivity index (χ2n) is 3.65. The monoisotopic (exact) mass is 258 g/mol. The number of alkyl halides is 2. The Hall–Kier alpha value is -1.49. The van der Waals surface area contributed by atoms with E-state index in [4.69, 9.17) is 11.6 Å². The highest BCUT2D eigenvalue weighted by Gasteiger charge is 2.28. The second-order valence-corrected chi connectivity index (χ2v) is 4.08. The Morgan fingerprint density at radius 1 is 1.35 bits per heavy atom. The molecule has 0 aliphatic carbocycles. The van der Waals surface area contributed by atoms with Crippen molar-refractivity contribution in [2.75, 3.05) is 0 Å². The molecule has 17 heavy (non-hydrogen) atoms. The van der Waals surface area contributed by atoms with Crippen LogP contribution >= 0.6 is 11.6 Å². The van der Waals surface area contributed by atoms with Crippen molar-refractivity contribution in [2.45, 2.75) is 19.4 Å². The minimum absolute atomic E-state index is 0.187. The molecule has 1 heterocycles. The van der Waals surface area contributed by atoms with Crippen molar-refractivity contribution in [1.29, 1.82) is 0 Å². The fraction of sp³-hybridized carbons (Fsp3) is 0.273. The molecule has 0 bridgehead atoms. The molecule has 3 nitrogen and oxygen atoms in total. The van der Waals surface area contributed by atoms with E-state index in [1.807, 2.05) is 0 Å². The molecule has 1 aromatic carbocycles. The number of hydrogen-bond acceptors (Lipinski definition) is 2. The normalized spacial score (nSPS) is 15.6. The number of halogens is 3. The summed E-state index contributed by atoms with van der Waals surface area (Å²) in [6.45, 7) is 0.187. The van der Waals surface area contributed by atoms with E-state index >= 15 is 0 Å². The Morgan fingerprint density at radius 2 is 2.00 bits per heavy atom. The molecule has 1 aliphatic heterocycles. The van der Waals surface area contributed by atoms with Gasteiger partial charge in [-0.15, -0.1) is 0 Å². The van der Waals surface area contributed by atoms with Crippen molar-refractivity contribution in [2.24, 2.45) is 5.10 Å². The molecule has 0 saturated carbocycles. The molecule has 90 valence electrons. The van der Waals surface area contributed by atoms with Crippen molar-refractivity contribution in [3.05, 3.63) is 34.9 Å². The molecule has 1 aromatic rings. The number of carbonyl (C=O) groups is 1. The number of hydrogen-bond donors (Lipinski definition) is 0.